The van der Waals surface area contributed by atoms with Crippen LogP contribution in [-0.2, 0) is 19.6 Å². The Morgan fingerprint density at radius 1 is 0.886 bits per heavy atom. The number of aliphatic hydroxyl groups is 1. The van der Waals surface area contributed by atoms with Crippen molar-refractivity contribution in [2.24, 2.45) is 5.14 Å². The zero-order valence-corrected chi connectivity index (χ0v) is 19.0. The molecule has 5 rings (SSSR count). The predicted molar refractivity (Wildman–Crippen MR) is 131 cm³/mol. The lowest BCUT2D eigenvalue weighted by Crippen LogP contribution is -2.29. The van der Waals surface area contributed by atoms with Crippen molar-refractivity contribution < 1.29 is 23.1 Å². The molecule has 1 aliphatic rings. The Labute approximate surface area is 201 Å². The Bertz CT molecular complexity index is 1610. The third-order valence-electron chi connectivity index (χ3n) is 5.95. The minimum absolute atomic E-state index is 0.0759. The van der Waals surface area contributed by atoms with Gasteiger partial charge in [-0.1, -0.05) is 42.5 Å². The number of hydrogen-bond acceptors (Lipinski definition) is 6. The van der Waals surface area contributed by atoms with Crippen LogP contribution in [0.4, 0.5) is 5.69 Å². The molecule has 0 radical (unpaired) electrons. The summed E-state index contributed by atoms with van der Waals surface area (Å²) in [5.74, 6) is -2.00. The monoisotopic (exact) mass is 485 g/mol. The van der Waals surface area contributed by atoms with Crippen LogP contribution in [0.2, 0.25) is 0 Å². The van der Waals surface area contributed by atoms with Gasteiger partial charge in [0.15, 0.2) is 0 Å². The van der Waals surface area contributed by atoms with Gasteiger partial charge in [-0.3, -0.25) is 19.5 Å². The molecule has 0 aliphatic carbocycles. The second-order valence-corrected chi connectivity index (χ2v) is 9.58. The number of carbonyl (C=O) groups is 2. The van der Waals surface area contributed by atoms with Gasteiger partial charge in [-0.25, -0.2) is 13.6 Å². The molecule has 0 spiro atoms. The number of aliphatic hydroxyl groups excluding tert-OH is 1. The van der Waals surface area contributed by atoms with E-state index < -0.39 is 27.8 Å². The number of sulfonamides is 1. The fourth-order valence-corrected chi connectivity index (χ4v) is 4.85. The molecule has 9 heteroatoms. The van der Waals surface area contributed by atoms with Gasteiger partial charge in [0.1, 0.15) is 5.76 Å². The highest BCUT2D eigenvalue weighted by Crippen LogP contribution is 2.42. The molecule has 1 amide bonds. The minimum Gasteiger partial charge on any atom is -0.507 e. The van der Waals surface area contributed by atoms with E-state index in [1.807, 2.05) is 30.3 Å². The molecule has 0 saturated carbocycles. The summed E-state index contributed by atoms with van der Waals surface area (Å²) in [6.07, 6.45) is 3.05. The molecule has 1 aliphatic heterocycles. The standard InChI is InChI=1S/C26H19N3O5S/c27-35(33,34)19-10-8-18(9-11-19)29-23(17-12-14-28-15-13-17)22(25(31)26(29)32)24(30)21-7-3-5-16-4-1-2-6-20(16)21/h1-15,23,30H,(H2,27,33,34)/b24-22-. The van der Waals surface area contributed by atoms with E-state index in [9.17, 15) is 23.1 Å². The zero-order valence-electron chi connectivity index (χ0n) is 18.2. The fraction of sp³-hybridized carbons (Fsp3) is 0.0385. The Morgan fingerprint density at radius 2 is 1.54 bits per heavy atom. The van der Waals surface area contributed by atoms with Gasteiger partial charge in [-0.15, -0.1) is 0 Å². The maximum Gasteiger partial charge on any atom is 0.300 e. The number of hydrogen-bond donors (Lipinski definition) is 2. The average Bonchev–Trinajstić information content (AvgIpc) is 3.13. The number of pyridine rings is 1. The van der Waals surface area contributed by atoms with E-state index in [1.54, 1.807) is 24.3 Å². The lowest BCUT2D eigenvalue weighted by atomic mass is 9.93. The summed E-state index contributed by atoms with van der Waals surface area (Å²) < 4.78 is 23.3. The molecule has 1 unspecified atom stereocenters. The van der Waals surface area contributed by atoms with E-state index >= 15 is 0 Å². The van der Waals surface area contributed by atoms with E-state index in [4.69, 9.17) is 5.14 Å². The van der Waals surface area contributed by atoms with Crippen molar-refractivity contribution in [3.8, 4) is 0 Å². The van der Waals surface area contributed by atoms with Gasteiger partial charge < -0.3 is 5.11 Å². The van der Waals surface area contributed by atoms with Gasteiger partial charge >= 0.3 is 0 Å². The average molecular weight is 486 g/mol. The van der Waals surface area contributed by atoms with Crippen LogP contribution in [0.1, 0.15) is 17.2 Å². The second-order valence-electron chi connectivity index (χ2n) is 8.02. The van der Waals surface area contributed by atoms with Crippen molar-refractivity contribution >= 4 is 43.9 Å². The number of aromatic nitrogens is 1. The summed E-state index contributed by atoms with van der Waals surface area (Å²) in [5.41, 5.74) is 1.17. The smallest absolute Gasteiger partial charge is 0.300 e. The number of carbonyl (C=O) groups excluding carboxylic acids is 2. The van der Waals surface area contributed by atoms with Gasteiger partial charge in [0, 0.05) is 23.6 Å². The molecule has 1 aromatic heterocycles. The molecule has 3 N–H and O–H groups in total. The molecule has 2 heterocycles. The maximum absolute atomic E-state index is 13.3. The molecule has 1 saturated heterocycles. The molecule has 0 bridgehead atoms. The molecule has 3 aromatic carbocycles. The first-order chi connectivity index (χ1) is 16.8. The van der Waals surface area contributed by atoms with Crippen LogP contribution in [0, 0.1) is 0 Å². The molecule has 35 heavy (non-hydrogen) atoms. The first-order valence-electron chi connectivity index (χ1n) is 10.6. The van der Waals surface area contributed by atoms with Crippen LogP contribution in [0.25, 0.3) is 16.5 Å². The normalized spacial score (nSPS) is 17.7. The molecular weight excluding hydrogens is 466 g/mol. The van der Waals surface area contributed by atoms with Gasteiger partial charge in [-0.2, -0.15) is 0 Å². The number of benzene rings is 3. The van der Waals surface area contributed by atoms with Crippen LogP contribution in [-0.4, -0.2) is 30.2 Å². The molecule has 4 aromatic rings. The highest BCUT2D eigenvalue weighted by atomic mass is 32.2. The number of nitrogens with zero attached hydrogens (tertiary/aromatic N) is 2. The number of amides is 1. The van der Waals surface area contributed by atoms with Crippen LogP contribution in [0.15, 0.2) is 102 Å². The summed E-state index contributed by atoms with van der Waals surface area (Å²) in [5, 5.41) is 18.2. The third kappa shape index (κ3) is 3.86. The topological polar surface area (TPSA) is 131 Å². The summed E-state index contributed by atoms with van der Waals surface area (Å²) >= 11 is 0. The number of fused-ring (bicyclic) bond motifs is 1. The number of primary sulfonamides is 1. The Morgan fingerprint density at radius 3 is 2.23 bits per heavy atom. The van der Waals surface area contributed by atoms with Gasteiger partial charge in [0.2, 0.25) is 10.0 Å². The molecular formula is C26H19N3O5S. The second kappa shape index (κ2) is 8.46. The summed E-state index contributed by atoms with van der Waals surface area (Å²) in [6, 6.07) is 20.4. The van der Waals surface area contributed by atoms with Crippen LogP contribution in [0.5, 0.6) is 0 Å². The molecule has 1 fully saturated rings. The first kappa shape index (κ1) is 22.5. The minimum atomic E-state index is -3.94. The summed E-state index contributed by atoms with van der Waals surface area (Å²) in [4.78, 5) is 31.7. The lowest BCUT2D eigenvalue weighted by Gasteiger charge is -2.25. The quantitative estimate of drug-likeness (QED) is 0.258. The van der Waals surface area contributed by atoms with Crippen molar-refractivity contribution in [3.05, 3.63) is 108 Å². The van der Waals surface area contributed by atoms with Crippen molar-refractivity contribution in [1.29, 1.82) is 0 Å². The number of Topliss-reactive ketones (excluding diaryl/α,β-unsaturated/α-hetero) is 1. The molecule has 174 valence electrons. The van der Waals surface area contributed by atoms with E-state index in [-0.39, 0.29) is 21.9 Å². The van der Waals surface area contributed by atoms with E-state index in [2.05, 4.69) is 4.98 Å². The SMILES string of the molecule is NS(=O)(=O)c1ccc(N2C(=O)C(=O)/C(=C(\O)c3cccc4ccccc34)C2c2ccncc2)cc1. The van der Waals surface area contributed by atoms with Crippen molar-refractivity contribution in [2.45, 2.75) is 10.9 Å². The molecule has 8 nitrogen and oxygen atoms in total. The Kier molecular flexibility index (Phi) is 5.43. The number of anilines is 1. The Balaban J connectivity index is 1.73. The zero-order chi connectivity index (χ0) is 24.7. The van der Waals surface area contributed by atoms with Gasteiger partial charge in [-0.05, 0) is 52.7 Å². The number of nitrogens with two attached hydrogens (primary N) is 1. The highest BCUT2D eigenvalue weighted by molar-refractivity contribution is 7.89. The third-order valence-corrected chi connectivity index (χ3v) is 6.88. The lowest BCUT2D eigenvalue weighted by molar-refractivity contribution is -0.132. The number of ketones is 1. The summed E-state index contributed by atoms with van der Waals surface area (Å²) in [7, 11) is -3.94. The summed E-state index contributed by atoms with van der Waals surface area (Å²) in [6.45, 7) is 0. The van der Waals surface area contributed by atoms with Crippen LogP contribution >= 0.6 is 0 Å². The van der Waals surface area contributed by atoms with Crippen molar-refractivity contribution in [2.75, 3.05) is 4.90 Å². The van der Waals surface area contributed by atoms with E-state index in [1.165, 1.54) is 41.6 Å². The highest BCUT2D eigenvalue weighted by Gasteiger charge is 2.47. The Hall–Kier alpha value is -4.34. The maximum atomic E-state index is 13.3. The fourth-order valence-electron chi connectivity index (χ4n) is 4.33. The number of rotatable bonds is 4. The first-order valence-corrected chi connectivity index (χ1v) is 12.1. The van der Waals surface area contributed by atoms with Crippen LogP contribution in [0.3, 0.4) is 0 Å². The largest absolute Gasteiger partial charge is 0.507 e. The van der Waals surface area contributed by atoms with Crippen molar-refractivity contribution in [1.82, 2.24) is 4.98 Å². The van der Waals surface area contributed by atoms with Gasteiger partial charge in [0.05, 0.1) is 16.5 Å². The van der Waals surface area contributed by atoms with E-state index in [0.29, 0.717) is 11.1 Å². The predicted octanol–water partition coefficient (Wildman–Crippen LogP) is 3.51. The van der Waals surface area contributed by atoms with Crippen molar-refractivity contribution in [3.63, 3.8) is 0 Å². The van der Waals surface area contributed by atoms with Crippen LogP contribution < -0.4 is 10.0 Å². The molecule has 1 atom stereocenters. The van der Waals surface area contributed by atoms with E-state index in [0.717, 1.165) is 10.8 Å². The van der Waals surface area contributed by atoms with Gasteiger partial charge in [0.25, 0.3) is 11.7 Å².